The molecule has 2 rings (SSSR count). The Balaban J connectivity index is 2.51. The van der Waals surface area contributed by atoms with E-state index in [1.54, 1.807) is 12.1 Å². The summed E-state index contributed by atoms with van der Waals surface area (Å²) in [5.74, 6) is 0. The van der Waals surface area contributed by atoms with Gasteiger partial charge in [-0.2, -0.15) is 0 Å². The Labute approximate surface area is 143 Å². The molecule has 4 heteroatoms. The van der Waals surface area contributed by atoms with E-state index in [0.29, 0.717) is 4.90 Å². The van der Waals surface area contributed by atoms with E-state index in [-0.39, 0.29) is 5.41 Å². The summed E-state index contributed by atoms with van der Waals surface area (Å²) in [5.41, 5.74) is 4.31. The molecule has 2 aromatic carbocycles. The normalized spacial score (nSPS) is 12.4. The van der Waals surface area contributed by atoms with Gasteiger partial charge in [0.15, 0.2) is 0 Å². The molecule has 2 nitrogen and oxygen atoms in total. The van der Waals surface area contributed by atoms with Crippen LogP contribution in [0.25, 0.3) is 0 Å². The zero-order chi connectivity index (χ0) is 17.4. The number of hydrogen-bond acceptors (Lipinski definition) is 3. The Bertz CT molecular complexity index is 812. The molecule has 0 amide bonds. The summed E-state index contributed by atoms with van der Waals surface area (Å²) < 4.78 is 25.5. The first-order chi connectivity index (χ1) is 10.5. The van der Waals surface area contributed by atoms with Crippen molar-refractivity contribution in [1.82, 2.24) is 0 Å². The van der Waals surface area contributed by atoms with Crippen molar-refractivity contribution in [1.29, 1.82) is 0 Å². The summed E-state index contributed by atoms with van der Waals surface area (Å²) in [6, 6.07) is 11.1. The lowest BCUT2D eigenvalue weighted by Gasteiger charge is -2.24. The van der Waals surface area contributed by atoms with Crippen LogP contribution >= 0.6 is 10.8 Å². The standard InChI is InChI=1S/C19H24O2S2/c1-13-7-9-16(10-8-13)23(20,21)22-18-12-15(3)14(2)11-17(18)19(4,5)6/h7-12H,1-6H3. The van der Waals surface area contributed by atoms with Crippen molar-refractivity contribution < 1.29 is 8.42 Å². The fourth-order valence-corrected chi connectivity index (χ4v) is 5.54. The van der Waals surface area contributed by atoms with Gasteiger partial charge in [-0.1, -0.05) is 44.5 Å². The Morgan fingerprint density at radius 2 is 1.39 bits per heavy atom. The lowest BCUT2D eigenvalue weighted by molar-refractivity contribution is 0.577. The Kier molecular flexibility index (Phi) is 4.97. The molecule has 0 aliphatic heterocycles. The largest absolute Gasteiger partial charge is 0.234 e. The van der Waals surface area contributed by atoms with Gasteiger partial charge in [-0.3, -0.25) is 0 Å². The molecular weight excluding hydrogens is 324 g/mol. The highest BCUT2D eigenvalue weighted by Crippen LogP contribution is 2.39. The maximum Gasteiger partial charge on any atom is 0.234 e. The van der Waals surface area contributed by atoms with Crippen LogP contribution in [0.5, 0.6) is 0 Å². The van der Waals surface area contributed by atoms with Gasteiger partial charge >= 0.3 is 0 Å². The third-order valence-corrected chi connectivity index (χ3v) is 7.27. The van der Waals surface area contributed by atoms with E-state index in [2.05, 4.69) is 33.8 Å². The lowest BCUT2D eigenvalue weighted by Crippen LogP contribution is -2.14. The third-order valence-electron chi connectivity index (χ3n) is 3.91. The van der Waals surface area contributed by atoms with Crippen LogP contribution in [0, 0.1) is 20.8 Å². The molecule has 0 aliphatic rings. The molecule has 0 bridgehead atoms. The molecule has 0 aromatic heterocycles. The van der Waals surface area contributed by atoms with Crippen molar-refractivity contribution >= 4 is 19.7 Å². The van der Waals surface area contributed by atoms with Crippen LogP contribution in [0.3, 0.4) is 0 Å². The van der Waals surface area contributed by atoms with Crippen molar-refractivity contribution in [3.63, 3.8) is 0 Å². The first kappa shape index (κ1) is 18.1. The maximum atomic E-state index is 12.8. The minimum Gasteiger partial charge on any atom is -0.212 e. The van der Waals surface area contributed by atoms with Crippen molar-refractivity contribution in [2.45, 2.75) is 56.7 Å². The van der Waals surface area contributed by atoms with Crippen LogP contribution in [0.2, 0.25) is 0 Å². The topological polar surface area (TPSA) is 34.1 Å². The molecule has 0 atom stereocenters. The van der Waals surface area contributed by atoms with E-state index < -0.39 is 8.87 Å². The monoisotopic (exact) mass is 348 g/mol. The molecule has 0 saturated heterocycles. The second-order valence-electron chi connectivity index (χ2n) is 7.03. The highest BCUT2D eigenvalue weighted by atomic mass is 33.1. The van der Waals surface area contributed by atoms with Crippen molar-refractivity contribution in [3.05, 3.63) is 58.7 Å². The average molecular weight is 349 g/mol. The summed E-state index contributed by atoms with van der Waals surface area (Å²) in [7, 11) is -2.47. The van der Waals surface area contributed by atoms with Crippen molar-refractivity contribution in [2.24, 2.45) is 0 Å². The van der Waals surface area contributed by atoms with E-state index in [1.165, 1.54) is 5.56 Å². The molecule has 2 aromatic rings. The second kappa shape index (κ2) is 6.33. The fraction of sp³-hybridized carbons (Fsp3) is 0.368. The van der Waals surface area contributed by atoms with Crippen LogP contribution in [0.15, 0.2) is 46.2 Å². The van der Waals surface area contributed by atoms with Crippen LogP contribution in [0.4, 0.5) is 0 Å². The van der Waals surface area contributed by atoms with Gasteiger partial charge in [0.1, 0.15) is 0 Å². The first-order valence-corrected chi connectivity index (χ1v) is 10.5. The van der Waals surface area contributed by atoms with Crippen molar-refractivity contribution in [2.75, 3.05) is 0 Å². The minimum atomic E-state index is -3.43. The highest BCUT2D eigenvalue weighted by Gasteiger charge is 2.24. The average Bonchev–Trinajstić information content (AvgIpc) is 2.41. The number of benzene rings is 2. The first-order valence-electron chi connectivity index (χ1n) is 7.63. The van der Waals surface area contributed by atoms with Gasteiger partial charge in [-0.25, -0.2) is 8.42 Å². The third kappa shape index (κ3) is 4.18. The van der Waals surface area contributed by atoms with Gasteiger partial charge in [0.2, 0.25) is 8.87 Å². The Morgan fingerprint density at radius 1 is 0.870 bits per heavy atom. The van der Waals surface area contributed by atoms with Crippen LogP contribution in [-0.2, 0) is 14.3 Å². The lowest BCUT2D eigenvalue weighted by atomic mass is 9.85. The zero-order valence-corrected chi connectivity index (χ0v) is 16.2. The molecule has 0 heterocycles. The number of hydrogen-bond donors (Lipinski definition) is 0. The molecule has 0 saturated carbocycles. The molecule has 0 spiro atoms. The van der Waals surface area contributed by atoms with Gasteiger partial charge in [0.25, 0.3) is 0 Å². The van der Waals surface area contributed by atoms with Crippen molar-refractivity contribution in [3.8, 4) is 0 Å². The summed E-state index contributed by atoms with van der Waals surface area (Å²) in [6.07, 6.45) is 0. The minimum absolute atomic E-state index is 0.108. The van der Waals surface area contributed by atoms with E-state index in [4.69, 9.17) is 0 Å². The summed E-state index contributed by atoms with van der Waals surface area (Å²) in [5, 5.41) is 0. The molecule has 0 fully saturated rings. The zero-order valence-electron chi connectivity index (χ0n) is 14.6. The summed E-state index contributed by atoms with van der Waals surface area (Å²) >= 11 is 0. The fourth-order valence-electron chi connectivity index (χ4n) is 2.32. The van der Waals surface area contributed by atoms with E-state index in [1.807, 2.05) is 32.0 Å². The Morgan fingerprint density at radius 3 is 1.91 bits per heavy atom. The van der Waals surface area contributed by atoms with E-state index in [9.17, 15) is 8.42 Å². The SMILES string of the molecule is Cc1ccc(S(=O)(=O)Sc2cc(C)c(C)cc2C(C)(C)C)cc1. The predicted octanol–water partition coefficient (Wildman–Crippen LogP) is 5.39. The molecular formula is C19H24O2S2. The quantitative estimate of drug-likeness (QED) is 0.697. The molecule has 124 valence electrons. The van der Waals surface area contributed by atoms with Crippen LogP contribution < -0.4 is 0 Å². The van der Waals surface area contributed by atoms with Gasteiger partial charge in [0.05, 0.1) is 4.90 Å². The molecule has 23 heavy (non-hydrogen) atoms. The molecule has 0 unspecified atom stereocenters. The van der Waals surface area contributed by atoms with Gasteiger partial charge < -0.3 is 0 Å². The van der Waals surface area contributed by atoms with Gasteiger partial charge in [-0.15, -0.1) is 0 Å². The van der Waals surface area contributed by atoms with Crippen LogP contribution in [0.1, 0.15) is 43.0 Å². The summed E-state index contributed by atoms with van der Waals surface area (Å²) in [6.45, 7) is 12.4. The van der Waals surface area contributed by atoms with E-state index in [0.717, 1.165) is 32.4 Å². The maximum absolute atomic E-state index is 12.8. The molecule has 0 radical (unpaired) electrons. The predicted molar refractivity (Wildman–Crippen MR) is 98.8 cm³/mol. The summed E-state index contributed by atoms with van der Waals surface area (Å²) in [4.78, 5) is 1.17. The number of rotatable bonds is 3. The Hall–Kier alpha value is -1.26. The van der Waals surface area contributed by atoms with Crippen LogP contribution in [-0.4, -0.2) is 8.42 Å². The second-order valence-corrected chi connectivity index (χ2v) is 10.8. The highest BCUT2D eigenvalue weighted by molar-refractivity contribution is 8.72. The van der Waals surface area contributed by atoms with Gasteiger partial charge in [0, 0.05) is 15.7 Å². The van der Waals surface area contributed by atoms with E-state index >= 15 is 0 Å². The molecule has 0 aliphatic carbocycles. The van der Waals surface area contributed by atoms with Gasteiger partial charge in [-0.05, 0) is 61.1 Å². The smallest absolute Gasteiger partial charge is 0.212 e. The molecule has 0 N–H and O–H groups in total. The number of aryl methyl sites for hydroxylation is 3.